The molecule has 0 fully saturated rings. The molecule has 0 saturated heterocycles. The maximum absolute atomic E-state index is 5.51. The lowest BCUT2D eigenvalue weighted by Crippen LogP contribution is -3.13. The molecule has 0 bridgehead atoms. The second-order valence-corrected chi connectivity index (χ2v) is 6.57. The summed E-state index contributed by atoms with van der Waals surface area (Å²) in [4.78, 5) is 1.58. The highest BCUT2D eigenvalue weighted by molar-refractivity contribution is 5.48. The van der Waals surface area contributed by atoms with Crippen molar-refractivity contribution < 1.29 is 20.1 Å². The normalized spacial score (nSPS) is 19.7. The number of hydrogen-bond acceptors (Lipinski definition) is 2. The van der Waals surface area contributed by atoms with Gasteiger partial charge in [-0.05, 0) is 24.6 Å². The lowest BCUT2D eigenvalue weighted by molar-refractivity contribution is -0.952. The Labute approximate surface area is 144 Å². The summed E-state index contributed by atoms with van der Waals surface area (Å²) < 4.78 is 11.0. The number of ether oxygens (including phenoxy) is 2. The third-order valence-electron chi connectivity index (χ3n) is 5.03. The van der Waals surface area contributed by atoms with E-state index in [0.29, 0.717) is 6.04 Å². The Hall–Kier alpha value is -2.04. The number of quaternary nitrogens is 2. The van der Waals surface area contributed by atoms with Crippen molar-refractivity contribution in [1.82, 2.24) is 0 Å². The van der Waals surface area contributed by atoms with Gasteiger partial charge in [-0.2, -0.15) is 0 Å². The highest BCUT2D eigenvalue weighted by atomic mass is 16.5. The smallest absolute Gasteiger partial charge is 0.163 e. The number of benzene rings is 2. The Balaban J connectivity index is 1.91. The minimum absolute atomic E-state index is 0.397. The van der Waals surface area contributed by atoms with Crippen LogP contribution in [0.2, 0.25) is 0 Å². The molecule has 0 aliphatic carbocycles. The van der Waals surface area contributed by atoms with Crippen LogP contribution < -0.4 is 20.1 Å². The number of rotatable bonds is 5. The molecule has 0 spiro atoms. The summed E-state index contributed by atoms with van der Waals surface area (Å²) in [6.45, 7) is 5.19. The molecular formula is C20H28N2O2+2. The van der Waals surface area contributed by atoms with Crippen molar-refractivity contribution in [3.63, 3.8) is 0 Å². The molecular weight excluding hydrogens is 300 g/mol. The average Bonchev–Trinajstić information content (AvgIpc) is 2.60. The topological polar surface area (TPSA) is 50.5 Å². The molecule has 4 nitrogen and oxygen atoms in total. The van der Waals surface area contributed by atoms with E-state index in [1.54, 1.807) is 19.1 Å². The number of aryl methyl sites for hydroxylation is 1. The summed E-state index contributed by atoms with van der Waals surface area (Å²) in [7, 11) is 3.39. The van der Waals surface area contributed by atoms with Crippen LogP contribution in [0.1, 0.15) is 28.3 Å². The van der Waals surface area contributed by atoms with Gasteiger partial charge < -0.3 is 20.1 Å². The van der Waals surface area contributed by atoms with Gasteiger partial charge in [0.2, 0.25) is 0 Å². The molecule has 0 amide bonds. The van der Waals surface area contributed by atoms with E-state index in [9.17, 15) is 0 Å². The van der Waals surface area contributed by atoms with Gasteiger partial charge in [-0.25, -0.2) is 0 Å². The Morgan fingerprint density at radius 1 is 1.12 bits per heavy atom. The van der Waals surface area contributed by atoms with Gasteiger partial charge in [-0.15, -0.1) is 0 Å². The van der Waals surface area contributed by atoms with E-state index in [4.69, 9.17) is 9.47 Å². The Morgan fingerprint density at radius 2 is 1.88 bits per heavy atom. The first-order chi connectivity index (χ1) is 11.7. The quantitative estimate of drug-likeness (QED) is 0.858. The van der Waals surface area contributed by atoms with E-state index >= 15 is 0 Å². The van der Waals surface area contributed by atoms with Crippen LogP contribution in [0.4, 0.5) is 0 Å². The fraction of sp³-hybridized carbons (Fsp3) is 0.400. The second-order valence-electron chi connectivity index (χ2n) is 6.57. The van der Waals surface area contributed by atoms with Crippen molar-refractivity contribution in [1.29, 1.82) is 0 Å². The summed E-state index contributed by atoms with van der Waals surface area (Å²) in [6, 6.07) is 13.5. The van der Waals surface area contributed by atoms with Gasteiger partial charge >= 0.3 is 0 Å². The molecule has 0 saturated carbocycles. The molecule has 24 heavy (non-hydrogen) atoms. The molecule has 2 aromatic rings. The Kier molecular flexibility index (Phi) is 5.07. The van der Waals surface area contributed by atoms with Crippen molar-refractivity contribution in [3.05, 3.63) is 58.7 Å². The third-order valence-corrected chi connectivity index (χ3v) is 5.03. The van der Waals surface area contributed by atoms with Gasteiger partial charge in [0, 0.05) is 17.5 Å². The van der Waals surface area contributed by atoms with Crippen molar-refractivity contribution in [2.45, 2.75) is 25.9 Å². The zero-order chi connectivity index (χ0) is 17.1. The number of hydrogen-bond donors (Lipinski definition) is 2. The van der Waals surface area contributed by atoms with Crippen LogP contribution >= 0.6 is 0 Å². The monoisotopic (exact) mass is 328 g/mol. The summed E-state index contributed by atoms with van der Waals surface area (Å²) in [6.07, 6.45) is 1.06. The maximum atomic E-state index is 5.51. The first-order valence-corrected chi connectivity index (χ1v) is 8.60. The molecule has 0 aromatic heterocycles. The van der Waals surface area contributed by atoms with E-state index in [-0.39, 0.29) is 0 Å². The number of nitrogens with one attached hydrogen (secondary N) is 1. The Morgan fingerprint density at radius 3 is 2.54 bits per heavy atom. The highest BCUT2D eigenvalue weighted by Gasteiger charge is 2.32. The van der Waals surface area contributed by atoms with E-state index in [0.717, 1.165) is 37.6 Å². The van der Waals surface area contributed by atoms with Crippen LogP contribution in [0.3, 0.4) is 0 Å². The van der Waals surface area contributed by atoms with Gasteiger partial charge in [0.15, 0.2) is 17.5 Å². The predicted molar refractivity (Wildman–Crippen MR) is 94.5 cm³/mol. The molecule has 2 aromatic carbocycles. The zero-order valence-corrected chi connectivity index (χ0v) is 14.9. The van der Waals surface area contributed by atoms with Crippen LogP contribution in [0.15, 0.2) is 36.4 Å². The predicted octanol–water partition coefficient (Wildman–Crippen LogP) is 0.936. The molecule has 3 rings (SSSR count). The van der Waals surface area contributed by atoms with Crippen LogP contribution in [0, 0.1) is 6.92 Å². The maximum Gasteiger partial charge on any atom is 0.163 e. The SMILES string of the molecule is COc1cc2c(cc1OC)[C@@H](C[NH3+])[NH+](Cc1cccc(C)c1)CC2. The first-order valence-electron chi connectivity index (χ1n) is 8.60. The van der Waals surface area contributed by atoms with Crippen LogP contribution in [-0.2, 0) is 13.0 Å². The molecule has 1 unspecified atom stereocenters. The average molecular weight is 328 g/mol. The molecule has 128 valence electrons. The molecule has 1 aliphatic heterocycles. The van der Waals surface area contributed by atoms with Crippen LogP contribution in [-0.4, -0.2) is 27.3 Å². The minimum Gasteiger partial charge on any atom is -0.493 e. The lowest BCUT2D eigenvalue weighted by Gasteiger charge is -2.33. The van der Waals surface area contributed by atoms with Gasteiger partial charge in [0.05, 0.1) is 20.8 Å². The van der Waals surface area contributed by atoms with Gasteiger partial charge in [-0.3, -0.25) is 0 Å². The minimum atomic E-state index is 0.397. The molecule has 2 atom stereocenters. The third kappa shape index (κ3) is 3.25. The zero-order valence-electron chi connectivity index (χ0n) is 14.9. The summed E-state index contributed by atoms with van der Waals surface area (Å²) in [5.74, 6) is 1.63. The molecule has 1 aliphatic rings. The van der Waals surface area contributed by atoms with E-state index in [1.807, 2.05) is 0 Å². The Bertz CT molecular complexity index is 715. The molecule has 4 N–H and O–H groups in total. The number of methoxy groups -OCH3 is 2. The molecule has 1 heterocycles. The largest absolute Gasteiger partial charge is 0.493 e. The van der Waals surface area contributed by atoms with E-state index < -0.39 is 0 Å². The standard InChI is InChI=1S/C20H26N2O2/c1-14-5-4-6-15(9-14)13-22-8-7-16-10-19(23-2)20(24-3)11-17(16)18(22)12-21/h4-6,9-11,18H,7-8,12-13,21H2,1-3H3/p+2/t18-/m1/s1. The fourth-order valence-electron chi connectivity index (χ4n) is 3.82. The van der Waals surface area contributed by atoms with E-state index in [2.05, 4.69) is 49.1 Å². The van der Waals surface area contributed by atoms with Crippen molar-refractivity contribution in [2.75, 3.05) is 27.3 Å². The van der Waals surface area contributed by atoms with Crippen molar-refractivity contribution in [2.24, 2.45) is 0 Å². The first kappa shape index (κ1) is 16.8. The van der Waals surface area contributed by atoms with Gasteiger partial charge in [-0.1, -0.05) is 29.8 Å². The van der Waals surface area contributed by atoms with Crippen LogP contribution in [0.5, 0.6) is 11.5 Å². The summed E-state index contributed by atoms with van der Waals surface area (Å²) in [5.41, 5.74) is 9.67. The van der Waals surface area contributed by atoms with Crippen LogP contribution in [0.25, 0.3) is 0 Å². The molecule has 4 heteroatoms. The highest BCUT2D eigenvalue weighted by Crippen LogP contribution is 2.33. The van der Waals surface area contributed by atoms with E-state index in [1.165, 1.54) is 22.3 Å². The summed E-state index contributed by atoms with van der Waals surface area (Å²) >= 11 is 0. The fourth-order valence-corrected chi connectivity index (χ4v) is 3.82. The van der Waals surface area contributed by atoms with Crippen molar-refractivity contribution in [3.8, 4) is 11.5 Å². The summed E-state index contributed by atoms with van der Waals surface area (Å²) in [5, 5.41) is 0. The molecule has 0 radical (unpaired) electrons. The van der Waals surface area contributed by atoms with Crippen molar-refractivity contribution >= 4 is 0 Å². The number of fused-ring (bicyclic) bond motifs is 1. The lowest BCUT2D eigenvalue weighted by atomic mass is 9.91. The second kappa shape index (κ2) is 7.24. The van der Waals surface area contributed by atoms with Gasteiger partial charge in [0.1, 0.15) is 13.1 Å². The van der Waals surface area contributed by atoms with Gasteiger partial charge in [0.25, 0.3) is 0 Å².